The number of hydrogen-bond acceptors (Lipinski definition) is 3. The molecule has 2 aromatic rings. The fourth-order valence-corrected chi connectivity index (χ4v) is 3.34. The van der Waals surface area contributed by atoms with Crippen molar-refractivity contribution in [2.45, 2.75) is 24.8 Å². The van der Waals surface area contributed by atoms with Gasteiger partial charge in [0.15, 0.2) is 0 Å². The van der Waals surface area contributed by atoms with Crippen LogP contribution in [0.15, 0.2) is 53.4 Å². The molecule has 0 aliphatic carbocycles. The molecule has 1 N–H and O–H groups in total. The molecule has 0 heterocycles. The topological polar surface area (TPSA) is 66.5 Å². The van der Waals surface area contributed by atoms with Gasteiger partial charge in [0, 0.05) is 26.6 Å². The number of nitrogens with one attached hydrogen (secondary N) is 1. The molecule has 0 radical (unpaired) electrons. The van der Waals surface area contributed by atoms with Crippen LogP contribution in [0.25, 0.3) is 0 Å². The van der Waals surface area contributed by atoms with Crippen molar-refractivity contribution in [3.63, 3.8) is 0 Å². The Balaban J connectivity index is 1.87. The highest BCUT2D eigenvalue weighted by Crippen LogP contribution is 2.11. The summed E-state index contributed by atoms with van der Waals surface area (Å²) in [6, 6.07) is 12.3. The third-order valence-electron chi connectivity index (χ3n) is 3.85. The zero-order valence-corrected chi connectivity index (χ0v) is 15.0. The summed E-state index contributed by atoms with van der Waals surface area (Å²) in [5.74, 6) is -0.669. The lowest BCUT2D eigenvalue weighted by molar-refractivity contribution is -0.130. The Bertz CT molecular complexity index is 836. The summed E-state index contributed by atoms with van der Waals surface area (Å²) in [6.45, 7) is 2.43. The minimum Gasteiger partial charge on any atom is -0.341 e. The molecule has 0 atom stereocenters. The third kappa shape index (κ3) is 5.37. The summed E-state index contributed by atoms with van der Waals surface area (Å²) in [5, 5.41) is 0. The predicted octanol–water partition coefficient (Wildman–Crippen LogP) is 2.46. The molecule has 0 saturated heterocycles. The summed E-state index contributed by atoms with van der Waals surface area (Å²) < 4.78 is 39.4. The van der Waals surface area contributed by atoms with Crippen molar-refractivity contribution >= 4 is 15.9 Å². The lowest BCUT2D eigenvalue weighted by Gasteiger charge is -2.18. The Morgan fingerprint density at radius 1 is 1.12 bits per heavy atom. The molecule has 0 bridgehead atoms. The standard InChI is InChI=1S/C18H21FN2O3S/c1-14-5-3-4-6-15(14)13-21(2)18(22)11-12-20-25(23,24)17-9-7-16(19)8-10-17/h3-10,20H,11-13H2,1-2H3. The second kappa shape index (κ2) is 8.22. The molecule has 7 heteroatoms. The summed E-state index contributed by atoms with van der Waals surface area (Å²) in [4.78, 5) is 13.7. The first-order valence-electron chi connectivity index (χ1n) is 7.83. The zero-order valence-electron chi connectivity index (χ0n) is 14.2. The molecule has 25 heavy (non-hydrogen) atoms. The maximum absolute atomic E-state index is 12.9. The van der Waals surface area contributed by atoms with Gasteiger partial charge in [-0.05, 0) is 42.3 Å². The first-order valence-corrected chi connectivity index (χ1v) is 9.31. The van der Waals surface area contributed by atoms with E-state index in [2.05, 4.69) is 4.72 Å². The van der Waals surface area contributed by atoms with Crippen LogP contribution in [-0.4, -0.2) is 32.8 Å². The van der Waals surface area contributed by atoms with E-state index in [0.29, 0.717) is 6.54 Å². The number of nitrogens with zero attached hydrogens (tertiary/aromatic N) is 1. The van der Waals surface area contributed by atoms with E-state index >= 15 is 0 Å². The largest absolute Gasteiger partial charge is 0.341 e. The van der Waals surface area contributed by atoms with Gasteiger partial charge in [0.2, 0.25) is 15.9 Å². The van der Waals surface area contributed by atoms with Gasteiger partial charge in [0.25, 0.3) is 0 Å². The van der Waals surface area contributed by atoms with Crippen molar-refractivity contribution in [1.29, 1.82) is 0 Å². The first kappa shape index (κ1) is 19.1. The summed E-state index contributed by atoms with van der Waals surface area (Å²) >= 11 is 0. The van der Waals surface area contributed by atoms with Crippen molar-refractivity contribution in [1.82, 2.24) is 9.62 Å². The van der Waals surface area contributed by atoms with E-state index in [0.717, 1.165) is 23.3 Å². The van der Waals surface area contributed by atoms with Gasteiger partial charge in [-0.1, -0.05) is 24.3 Å². The summed E-state index contributed by atoms with van der Waals surface area (Å²) in [5.41, 5.74) is 2.14. The van der Waals surface area contributed by atoms with Gasteiger partial charge < -0.3 is 4.90 Å². The van der Waals surface area contributed by atoms with E-state index in [9.17, 15) is 17.6 Å². The van der Waals surface area contributed by atoms with Gasteiger partial charge in [-0.3, -0.25) is 4.79 Å². The molecule has 0 aromatic heterocycles. The van der Waals surface area contributed by atoms with Crippen LogP contribution < -0.4 is 4.72 Å². The van der Waals surface area contributed by atoms with Crippen LogP contribution in [0, 0.1) is 12.7 Å². The average Bonchev–Trinajstić information content (AvgIpc) is 2.57. The van der Waals surface area contributed by atoms with E-state index in [-0.39, 0.29) is 23.8 Å². The van der Waals surface area contributed by atoms with Gasteiger partial charge in [-0.25, -0.2) is 17.5 Å². The molecule has 0 saturated carbocycles. The van der Waals surface area contributed by atoms with Crippen molar-refractivity contribution in [3.05, 3.63) is 65.5 Å². The highest BCUT2D eigenvalue weighted by molar-refractivity contribution is 7.89. The van der Waals surface area contributed by atoms with Crippen LogP contribution in [-0.2, 0) is 21.4 Å². The highest BCUT2D eigenvalue weighted by atomic mass is 32.2. The molecule has 0 aliphatic heterocycles. The average molecular weight is 364 g/mol. The number of halogens is 1. The van der Waals surface area contributed by atoms with E-state index in [1.165, 1.54) is 12.1 Å². The van der Waals surface area contributed by atoms with Crippen LogP contribution in [0.5, 0.6) is 0 Å². The molecule has 0 aliphatic rings. The molecule has 0 spiro atoms. The highest BCUT2D eigenvalue weighted by Gasteiger charge is 2.15. The van der Waals surface area contributed by atoms with Crippen LogP contribution in [0.4, 0.5) is 4.39 Å². The number of hydrogen-bond donors (Lipinski definition) is 1. The monoisotopic (exact) mass is 364 g/mol. The maximum atomic E-state index is 12.9. The van der Waals surface area contributed by atoms with Crippen molar-refractivity contribution in [3.8, 4) is 0 Å². The number of benzene rings is 2. The maximum Gasteiger partial charge on any atom is 0.240 e. The van der Waals surface area contributed by atoms with Crippen LogP contribution >= 0.6 is 0 Å². The van der Waals surface area contributed by atoms with Crippen LogP contribution in [0.2, 0.25) is 0 Å². The second-order valence-electron chi connectivity index (χ2n) is 5.78. The SMILES string of the molecule is Cc1ccccc1CN(C)C(=O)CCNS(=O)(=O)c1ccc(F)cc1. The van der Waals surface area contributed by atoms with Crippen molar-refractivity contribution in [2.75, 3.05) is 13.6 Å². The fourth-order valence-electron chi connectivity index (χ4n) is 2.31. The summed E-state index contributed by atoms with van der Waals surface area (Å²) in [6.07, 6.45) is 0.0445. The fraction of sp³-hybridized carbons (Fsp3) is 0.278. The lowest BCUT2D eigenvalue weighted by Crippen LogP contribution is -2.32. The minimum absolute atomic E-state index is 0.0172. The lowest BCUT2D eigenvalue weighted by atomic mass is 10.1. The van der Waals surface area contributed by atoms with E-state index in [1.807, 2.05) is 31.2 Å². The van der Waals surface area contributed by atoms with Crippen LogP contribution in [0.1, 0.15) is 17.5 Å². The van der Waals surface area contributed by atoms with E-state index in [4.69, 9.17) is 0 Å². The number of carbonyl (C=O) groups excluding carboxylic acids is 1. The van der Waals surface area contributed by atoms with Gasteiger partial charge in [0.1, 0.15) is 5.82 Å². The van der Waals surface area contributed by atoms with Gasteiger partial charge >= 0.3 is 0 Å². The Hall–Kier alpha value is -2.25. The number of carbonyl (C=O) groups is 1. The Morgan fingerprint density at radius 3 is 2.40 bits per heavy atom. The van der Waals surface area contributed by atoms with Gasteiger partial charge in [-0.2, -0.15) is 0 Å². The minimum atomic E-state index is -3.75. The Kier molecular flexibility index (Phi) is 6.27. The van der Waals surface area contributed by atoms with Crippen molar-refractivity contribution < 1.29 is 17.6 Å². The molecular formula is C18H21FN2O3S. The third-order valence-corrected chi connectivity index (χ3v) is 5.33. The summed E-state index contributed by atoms with van der Waals surface area (Å²) in [7, 11) is -2.07. The normalized spacial score (nSPS) is 11.3. The first-order chi connectivity index (χ1) is 11.8. The number of rotatable bonds is 7. The molecule has 5 nitrogen and oxygen atoms in total. The molecule has 0 fully saturated rings. The molecule has 0 unspecified atom stereocenters. The van der Waals surface area contributed by atoms with Crippen molar-refractivity contribution in [2.24, 2.45) is 0 Å². The molecule has 1 amide bonds. The second-order valence-corrected chi connectivity index (χ2v) is 7.54. The Labute approximate surface area is 147 Å². The molecular weight excluding hydrogens is 343 g/mol. The smallest absolute Gasteiger partial charge is 0.240 e. The van der Waals surface area contributed by atoms with Gasteiger partial charge in [0.05, 0.1) is 4.90 Å². The van der Waals surface area contributed by atoms with E-state index < -0.39 is 15.8 Å². The zero-order chi connectivity index (χ0) is 18.4. The molecule has 2 aromatic carbocycles. The van der Waals surface area contributed by atoms with Gasteiger partial charge in [-0.15, -0.1) is 0 Å². The number of amides is 1. The van der Waals surface area contributed by atoms with E-state index in [1.54, 1.807) is 11.9 Å². The number of aryl methyl sites for hydroxylation is 1. The number of sulfonamides is 1. The predicted molar refractivity (Wildman–Crippen MR) is 93.9 cm³/mol. The molecule has 134 valence electrons. The molecule has 2 rings (SSSR count). The van der Waals surface area contributed by atoms with Crippen LogP contribution in [0.3, 0.4) is 0 Å². The Morgan fingerprint density at radius 2 is 1.76 bits per heavy atom. The quantitative estimate of drug-likeness (QED) is 0.821.